The van der Waals surface area contributed by atoms with Crippen molar-refractivity contribution in [2.24, 2.45) is 0 Å². The number of nitrogens with zero attached hydrogens (tertiary/aromatic N) is 1. The molecular formula is C19H28BrNO5S. The van der Waals surface area contributed by atoms with Crippen molar-refractivity contribution in [3.05, 3.63) is 22.2 Å². The summed E-state index contributed by atoms with van der Waals surface area (Å²) in [6.07, 6.45) is 3.11. The zero-order valence-electron chi connectivity index (χ0n) is 16.2. The Balaban J connectivity index is 2.32. The Kier molecular flexibility index (Phi) is 7.97. The Morgan fingerprint density at radius 3 is 2.59 bits per heavy atom. The molecule has 1 fully saturated rings. The second-order valence-corrected chi connectivity index (χ2v) is 9.83. The molecule has 0 bridgehead atoms. The molecule has 0 radical (unpaired) electrons. The van der Waals surface area contributed by atoms with Crippen molar-refractivity contribution < 1.29 is 22.7 Å². The number of carbonyl (C=O) groups excluding carboxylic acids is 1. The summed E-state index contributed by atoms with van der Waals surface area (Å²) in [5.74, 6) is 1.06. The maximum Gasteiger partial charge on any atom is 0.254 e. The van der Waals surface area contributed by atoms with E-state index in [-0.39, 0.29) is 23.5 Å². The van der Waals surface area contributed by atoms with E-state index in [2.05, 4.69) is 15.9 Å². The van der Waals surface area contributed by atoms with Gasteiger partial charge in [-0.15, -0.1) is 0 Å². The number of methoxy groups -OCH3 is 1. The molecule has 8 heteroatoms. The molecule has 1 amide bonds. The number of unbranched alkanes of at least 4 members (excludes halogenated alkanes) is 1. The lowest BCUT2D eigenvalue weighted by Gasteiger charge is -2.28. The zero-order valence-corrected chi connectivity index (χ0v) is 18.6. The topological polar surface area (TPSA) is 72.9 Å². The van der Waals surface area contributed by atoms with E-state index in [1.807, 2.05) is 13.8 Å². The molecule has 1 aliphatic heterocycles. The van der Waals surface area contributed by atoms with Gasteiger partial charge in [-0.25, -0.2) is 8.42 Å². The number of hydrogen-bond donors (Lipinski definition) is 0. The highest BCUT2D eigenvalue weighted by atomic mass is 79.9. The Morgan fingerprint density at radius 1 is 1.30 bits per heavy atom. The minimum atomic E-state index is -3.07. The maximum absolute atomic E-state index is 13.2. The Labute approximate surface area is 170 Å². The van der Waals surface area contributed by atoms with Crippen LogP contribution in [0.1, 0.15) is 49.9 Å². The standard InChI is InChI=1S/C19H28BrNO5S/c1-4-6-8-21(15-7-10-27(23,24)13-15)19(22)14-11-16(20)18(26-9-5-2)17(12-14)25-3/h11-12,15H,4-10,13H2,1-3H3. The molecule has 1 atom stereocenters. The summed E-state index contributed by atoms with van der Waals surface area (Å²) < 4.78 is 35.6. The lowest BCUT2D eigenvalue weighted by molar-refractivity contribution is 0.0693. The molecule has 152 valence electrons. The molecule has 1 aromatic carbocycles. The van der Waals surface area contributed by atoms with E-state index < -0.39 is 9.84 Å². The monoisotopic (exact) mass is 461 g/mol. The van der Waals surface area contributed by atoms with Crippen LogP contribution in [0.4, 0.5) is 0 Å². The van der Waals surface area contributed by atoms with Crippen LogP contribution in [0.5, 0.6) is 11.5 Å². The summed E-state index contributed by atoms with van der Waals surface area (Å²) in [5, 5.41) is 0. The average molecular weight is 462 g/mol. The van der Waals surface area contributed by atoms with E-state index in [9.17, 15) is 13.2 Å². The van der Waals surface area contributed by atoms with Crippen molar-refractivity contribution in [1.82, 2.24) is 4.90 Å². The molecule has 0 N–H and O–H groups in total. The van der Waals surface area contributed by atoms with Crippen LogP contribution in [0.15, 0.2) is 16.6 Å². The second-order valence-electron chi connectivity index (χ2n) is 6.75. The van der Waals surface area contributed by atoms with Crippen LogP contribution in [-0.4, -0.2) is 57.0 Å². The third-order valence-electron chi connectivity index (χ3n) is 4.59. The minimum Gasteiger partial charge on any atom is -0.493 e. The number of ether oxygens (including phenoxy) is 2. The highest BCUT2D eigenvalue weighted by Gasteiger charge is 2.35. The van der Waals surface area contributed by atoms with Crippen molar-refractivity contribution in [2.45, 2.75) is 45.6 Å². The quantitative estimate of drug-likeness (QED) is 0.560. The first-order chi connectivity index (χ1) is 12.8. The minimum absolute atomic E-state index is 0.0401. The first-order valence-electron chi connectivity index (χ1n) is 9.34. The Bertz CT molecular complexity index is 766. The molecule has 6 nitrogen and oxygen atoms in total. The van der Waals surface area contributed by atoms with Crippen LogP contribution in [0.2, 0.25) is 0 Å². The third-order valence-corrected chi connectivity index (χ3v) is 6.93. The predicted molar refractivity (Wildman–Crippen MR) is 109 cm³/mol. The smallest absolute Gasteiger partial charge is 0.254 e. The van der Waals surface area contributed by atoms with Gasteiger partial charge in [0.15, 0.2) is 21.3 Å². The molecular weight excluding hydrogens is 434 g/mol. The first-order valence-corrected chi connectivity index (χ1v) is 12.0. The fourth-order valence-electron chi connectivity index (χ4n) is 3.15. The first kappa shape index (κ1) is 22.0. The van der Waals surface area contributed by atoms with E-state index in [1.165, 1.54) is 7.11 Å². The SMILES string of the molecule is CCCCN(C(=O)c1cc(Br)c(OCCC)c(OC)c1)C1CCS(=O)(=O)C1. The fourth-order valence-corrected chi connectivity index (χ4v) is 5.44. The Hall–Kier alpha value is -1.28. The van der Waals surface area contributed by atoms with Gasteiger partial charge >= 0.3 is 0 Å². The normalized spacial score (nSPS) is 18.3. The lowest BCUT2D eigenvalue weighted by atomic mass is 10.1. The largest absolute Gasteiger partial charge is 0.493 e. The second kappa shape index (κ2) is 9.78. The van der Waals surface area contributed by atoms with Gasteiger partial charge in [-0.3, -0.25) is 4.79 Å². The van der Waals surface area contributed by atoms with Crippen LogP contribution in [0, 0.1) is 0 Å². The van der Waals surface area contributed by atoms with Crippen molar-refractivity contribution in [2.75, 3.05) is 31.8 Å². The van der Waals surface area contributed by atoms with Crippen molar-refractivity contribution >= 4 is 31.7 Å². The summed E-state index contributed by atoms with van der Waals surface area (Å²) in [4.78, 5) is 14.9. The van der Waals surface area contributed by atoms with Gasteiger partial charge in [-0.05, 0) is 47.3 Å². The van der Waals surface area contributed by atoms with Crippen molar-refractivity contribution in [3.8, 4) is 11.5 Å². The average Bonchev–Trinajstić information content (AvgIpc) is 2.99. The molecule has 27 heavy (non-hydrogen) atoms. The third kappa shape index (κ3) is 5.60. The highest BCUT2D eigenvalue weighted by molar-refractivity contribution is 9.10. The van der Waals surface area contributed by atoms with Crippen LogP contribution in [0.3, 0.4) is 0 Å². The molecule has 1 aromatic rings. The molecule has 1 saturated heterocycles. The maximum atomic E-state index is 13.2. The van der Waals surface area contributed by atoms with Crippen LogP contribution in [0.25, 0.3) is 0 Å². The summed E-state index contributed by atoms with van der Waals surface area (Å²) in [6.45, 7) is 5.15. The van der Waals surface area contributed by atoms with Gasteiger partial charge < -0.3 is 14.4 Å². The summed E-state index contributed by atoms with van der Waals surface area (Å²) in [5.41, 5.74) is 0.461. The van der Waals surface area contributed by atoms with Crippen LogP contribution < -0.4 is 9.47 Å². The number of benzene rings is 1. The van der Waals surface area contributed by atoms with Crippen molar-refractivity contribution in [3.63, 3.8) is 0 Å². The van der Waals surface area contributed by atoms with Gasteiger partial charge in [-0.2, -0.15) is 0 Å². The molecule has 2 rings (SSSR count). The van der Waals surface area contributed by atoms with E-state index in [1.54, 1.807) is 17.0 Å². The lowest BCUT2D eigenvalue weighted by Crippen LogP contribution is -2.41. The van der Waals surface area contributed by atoms with Crippen LogP contribution >= 0.6 is 15.9 Å². The summed E-state index contributed by atoms with van der Waals surface area (Å²) in [6, 6.07) is 3.12. The molecule has 0 saturated carbocycles. The van der Waals surface area contributed by atoms with Gasteiger partial charge in [-0.1, -0.05) is 20.3 Å². The van der Waals surface area contributed by atoms with Gasteiger partial charge in [0, 0.05) is 18.2 Å². The molecule has 0 aromatic heterocycles. The number of halogens is 1. The molecule has 1 aliphatic rings. The van der Waals surface area contributed by atoms with Gasteiger partial charge in [0.05, 0.1) is 29.7 Å². The summed E-state index contributed by atoms with van der Waals surface area (Å²) >= 11 is 3.47. The Morgan fingerprint density at radius 2 is 2.04 bits per heavy atom. The fraction of sp³-hybridized carbons (Fsp3) is 0.632. The molecule has 0 aliphatic carbocycles. The van der Waals surface area contributed by atoms with Gasteiger partial charge in [0.2, 0.25) is 0 Å². The zero-order chi connectivity index (χ0) is 20.0. The van der Waals surface area contributed by atoms with Gasteiger partial charge in [0.1, 0.15) is 0 Å². The van der Waals surface area contributed by atoms with E-state index >= 15 is 0 Å². The van der Waals surface area contributed by atoms with E-state index in [0.29, 0.717) is 41.1 Å². The molecule has 1 heterocycles. The number of carbonyl (C=O) groups is 1. The number of hydrogen-bond acceptors (Lipinski definition) is 5. The number of sulfone groups is 1. The molecule has 1 unspecified atom stereocenters. The van der Waals surface area contributed by atoms with E-state index in [4.69, 9.17) is 9.47 Å². The van der Waals surface area contributed by atoms with Crippen LogP contribution in [-0.2, 0) is 9.84 Å². The number of rotatable bonds is 9. The number of amides is 1. The highest BCUT2D eigenvalue weighted by Crippen LogP contribution is 2.37. The summed E-state index contributed by atoms with van der Waals surface area (Å²) in [7, 11) is -1.53. The van der Waals surface area contributed by atoms with E-state index in [0.717, 1.165) is 19.3 Å². The predicted octanol–water partition coefficient (Wildman–Crippen LogP) is 3.68. The molecule has 0 spiro atoms. The van der Waals surface area contributed by atoms with Crippen molar-refractivity contribution in [1.29, 1.82) is 0 Å². The van der Waals surface area contributed by atoms with Gasteiger partial charge in [0.25, 0.3) is 5.91 Å².